The number of pyridine rings is 2. The normalized spacial score (nSPS) is 19.2. The highest BCUT2D eigenvalue weighted by atomic mass is 32.1. The summed E-state index contributed by atoms with van der Waals surface area (Å²) in [6.07, 6.45) is 11.1. The predicted molar refractivity (Wildman–Crippen MR) is 311 cm³/mol. The largest absolute Gasteiger partial charge is 0.310 e. The average molecular weight is 965 g/mol. The average Bonchev–Trinajstić information content (AvgIpc) is 3.93. The first-order chi connectivity index (χ1) is 34.1. The molecule has 0 bridgehead atoms. The zero-order valence-corrected chi connectivity index (χ0v) is 45.6. The third-order valence-electron chi connectivity index (χ3n) is 17.3. The molecule has 364 valence electrons. The van der Waals surface area contributed by atoms with E-state index in [0.717, 1.165) is 51.1 Å². The van der Waals surface area contributed by atoms with Crippen molar-refractivity contribution in [3.63, 3.8) is 0 Å². The van der Waals surface area contributed by atoms with Crippen molar-refractivity contribution in [2.45, 2.75) is 143 Å². The highest BCUT2D eigenvalue weighted by Crippen LogP contribution is 2.61. The maximum atomic E-state index is 5.97. The summed E-state index contributed by atoms with van der Waals surface area (Å²) in [6, 6.07) is 37.8. The molecule has 4 aromatic heterocycles. The number of nitrogens with zero attached hydrogens (tertiary/aromatic N) is 6. The van der Waals surface area contributed by atoms with Crippen LogP contribution >= 0.6 is 11.3 Å². The van der Waals surface area contributed by atoms with E-state index in [2.05, 4.69) is 214 Å². The quantitative estimate of drug-likeness (QED) is 0.127. The van der Waals surface area contributed by atoms with Gasteiger partial charge >= 0.3 is 0 Å². The predicted octanol–water partition coefficient (Wildman–Crippen LogP) is 15.7. The summed E-state index contributed by atoms with van der Waals surface area (Å²) in [5, 5.41) is 2.30. The minimum Gasteiger partial charge on any atom is -0.310 e. The van der Waals surface area contributed by atoms with Gasteiger partial charge in [0.15, 0.2) is 0 Å². The number of hydrogen-bond donors (Lipinski definition) is 0. The van der Waals surface area contributed by atoms with E-state index < -0.39 is 0 Å². The van der Waals surface area contributed by atoms with Crippen molar-refractivity contribution in [2.24, 2.45) is 10.9 Å². The highest BCUT2D eigenvalue weighted by molar-refractivity contribution is 7.33. The molecule has 1 saturated carbocycles. The van der Waals surface area contributed by atoms with Gasteiger partial charge in [0.2, 0.25) is 0 Å². The Bertz CT molecular complexity index is 3590. The lowest BCUT2D eigenvalue weighted by molar-refractivity contribution is 0.157. The van der Waals surface area contributed by atoms with Gasteiger partial charge in [-0.1, -0.05) is 144 Å². The van der Waals surface area contributed by atoms with Crippen LogP contribution in [0, 0.1) is 5.92 Å². The van der Waals surface area contributed by atoms with Crippen LogP contribution in [0.4, 0.5) is 40.1 Å². The minimum atomic E-state index is -0.0931. The Hall–Kier alpha value is -6.25. The number of anilines is 6. The van der Waals surface area contributed by atoms with Crippen molar-refractivity contribution in [3.8, 4) is 5.82 Å². The number of thiophene rings is 1. The first-order valence-electron chi connectivity index (χ1n) is 26.4. The van der Waals surface area contributed by atoms with Crippen LogP contribution in [0.5, 0.6) is 0 Å². The molecule has 2 unspecified atom stereocenters. The molecule has 2 aliphatic heterocycles. The van der Waals surface area contributed by atoms with Gasteiger partial charge in [0.05, 0.1) is 5.69 Å². The van der Waals surface area contributed by atoms with Gasteiger partial charge in [0, 0.05) is 60.8 Å². The van der Waals surface area contributed by atoms with E-state index in [9.17, 15) is 0 Å². The van der Waals surface area contributed by atoms with Crippen molar-refractivity contribution in [3.05, 3.63) is 143 Å². The number of benzene rings is 4. The van der Waals surface area contributed by atoms with Gasteiger partial charge in [-0.05, 0) is 153 Å². The molecule has 72 heavy (non-hydrogen) atoms. The van der Waals surface area contributed by atoms with Crippen LogP contribution in [0.1, 0.15) is 149 Å². The fourth-order valence-electron chi connectivity index (χ4n) is 13.6. The second kappa shape index (κ2) is 15.9. The van der Waals surface area contributed by atoms with Crippen LogP contribution < -0.4 is 25.5 Å². The number of aromatic nitrogens is 3. The van der Waals surface area contributed by atoms with Gasteiger partial charge in [0.25, 0.3) is 6.71 Å². The molecule has 12 rings (SSSR count). The topological polar surface area (TPSA) is 49.6 Å². The number of aliphatic imine (C=N–C) groups is 1. The second-order valence-corrected chi connectivity index (χ2v) is 26.3. The van der Waals surface area contributed by atoms with Crippen LogP contribution in [-0.4, -0.2) is 28.0 Å². The van der Waals surface area contributed by atoms with Gasteiger partial charge < -0.3 is 4.90 Å². The Morgan fingerprint density at radius 2 is 1.43 bits per heavy atom. The lowest BCUT2D eigenvalue weighted by atomic mass is 9.36. The standard InChI is InChI=1S/C64H69BN6S/c1-15-19-43-44-20-18-33-67-58(44)71(57(43)66-14)53-37-50-54-59(68-53)70(41-26-22-38(23-27-41)60(2,3)4)49-30-24-40(62(8,9)10)35-48(49)65(54)56-55(45-34-39(61(5,6)7)25-31-51(45)72-56)69(50)42-28-29-46-47(36-42)64(13)32-17-16-21-52(64)63(46,11)12/h15,18-20,22-31,33-37,52H,14,16-17,21,32H2,1-13H3/b19-15-. The molecule has 1 fully saturated rings. The summed E-state index contributed by atoms with van der Waals surface area (Å²) in [4.78, 5) is 21.0. The fourth-order valence-corrected chi connectivity index (χ4v) is 14.9. The van der Waals surface area contributed by atoms with Gasteiger partial charge in [-0.25, -0.2) is 15.0 Å². The molecule has 4 aliphatic rings. The minimum absolute atomic E-state index is 0.00565. The number of rotatable bonds is 5. The lowest BCUT2D eigenvalue weighted by Crippen LogP contribution is -2.61. The van der Waals surface area contributed by atoms with Crippen molar-refractivity contribution in [2.75, 3.05) is 9.80 Å². The van der Waals surface area contributed by atoms with Crippen molar-refractivity contribution >= 4 is 108 Å². The van der Waals surface area contributed by atoms with Gasteiger partial charge in [0.1, 0.15) is 23.1 Å². The SMILES string of the molecule is C=Nc1c(/C=C\C)c2cccnc2n1-c1cc2c3c(n1)N(c1ccc(C(C)(C)C)cc1)c1ccc(C(C)(C)C)cc1B3c1sc3ccc(C(C)(C)C)cc3c1N2c1ccc2c(c1)C1(C)CCCCC1C2(C)C. The van der Waals surface area contributed by atoms with Crippen LogP contribution in [-0.2, 0) is 27.1 Å². The van der Waals surface area contributed by atoms with E-state index >= 15 is 0 Å². The van der Waals surface area contributed by atoms with Crippen LogP contribution in [0.25, 0.3) is 33.0 Å². The zero-order valence-electron chi connectivity index (χ0n) is 44.8. The van der Waals surface area contributed by atoms with Gasteiger partial charge in [-0.2, -0.15) is 0 Å². The molecular formula is C64H69BN6S. The van der Waals surface area contributed by atoms with E-state index in [1.165, 1.54) is 90.7 Å². The molecule has 2 atom stereocenters. The van der Waals surface area contributed by atoms with Crippen molar-refractivity contribution in [1.29, 1.82) is 0 Å². The molecular weight excluding hydrogens is 896 g/mol. The van der Waals surface area contributed by atoms with E-state index in [0.29, 0.717) is 5.92 Å². The summed E-state index contributed by atoms with van der Waals surface area (Å²) < 4.78 is 4.80. The van der Waals surface area contributed by atoms with Gasteiger partial charge in [-0.15, -0.1) is 11.3 Å². The monoisotopic (exact) mass is 965 g/mol. The van der Waals surface area contributed by atoms with Gasteiger partial charge in [-0.3, -0.25) is 9.47 Å². The maximum absolute atomic E-state index is 5.97. The van der Waals surface area contributed by atoms with Crippen molar-refractivity contribution in [1.82, 2.24) is 14.5 Å². The molecule has 0 radical (unpaired) electrons. The molecule has 0 saturated heterocycles. The number of fused-ring (bicyclic) bond motifs is 10. The third kappa shape index (κ3) is 6.76. The Labute approximate surface area is 432 Å². The van der Waals surface area contributed by atoms with Crippen molar-refractivity contribution < 1.29 is 0 Å². The molecule has 2 aliphatic carbocycles. The molecule has 0 amide bonds. The van der Waals surface area contributed by atoms with E-state index in [4.69, 9.17) is 15.0 Å². The van der Waals surface area contributed by atoms with E-state index in [1.54, 1.807) is 0 Å². The Morgan fingerprint density at radius 3 is 2.14 bits per heavy atom. The second-order valence-electron chi connectivity index (χ2n) is 25.2. The molecule has 8 aromatic rings. The summed E-state index contributed by atoms with van der Waals surface area (Å²) in [5.41, 5.74) is 17.1. The van der Waals surface area contributed by atoms with Crippen LogP contribution in [0.3, 0.4) is 0 Å². The number of allylic oxidation sites excluding steroid dienone is 1. The zero-order chi connectivity index (χ0) is 50.6. The molecule has 4 aromatic carbocycles. The fraction of sp³-hybridized carbons (Fsp3) is 0.359. The smallest absolute Gasteiger partial charge is 0.266 e. The van der Waals surface area contributed by atoms with Crippen LogP contribution in [0.2, 0.25) is 0 Å². The van der Waals surface area contributed by atoms with E-state index in [-0.39, 0.29) is 33.8 Å². The molecule has 6 heterocycles. The first-order valence-corrected chi connectivity index (χ1v) is 27.2. The Kier molecular flexibility index (Phi) is 10.3. The Morgan fingerprint density at radius 1 is 0.736 bits per heavy atom. The lowest BCUT2D eigenvalue weighted by Gasteiger charge is -2.43. The summed E-state index contributed by atoms with van der Waals surface area (Å²) in [5.74, 6) is 2.98. The maximum Gasteiger partial charge on any atom is 0.266 e. The molecule has 0 spiro atoms. The van der Waals surface area contributed by atoms with Crippen LogP contribution in [0.15, 0.2) is 114 Å². The third-order valence-corrected chi connectivity index (χ3v) is 18.5. The van der Waals surface area contributed by atoms with E-state index in [1.807, 2.05) is 23.6 Å². The summed E-state index contributed by atoms with van der Waals surface area (Å²) in [7, 11) is 0. The molecule has 0 N–H and O–H groups in total. The summed E-state index contributed by atoms with van der Waals surface area (Å²) in [6.45, 7) is 34.7. The molecule has 6 nitrogen and oxygen atoms in total. The number of hydrogen-bond acceptors (Lipinski definition) is 6. The highest BCUT2D eigenvalue weighted by Gasteiger charge is 2.55. The first kappa shape index (κ1) is 46.8. The molecule has 8 heteroatoms. The Balaban J connectivity index is 1.25. The summed E-state index contributed by atoms with van der Waals surface area (Å²) >= 11 is 1.96.